The fourth-order valence-electron chi connectivity index (χ4n) is 3.94. The zero-order chi connectivity index (χ0) is 22.7. The minimum absolute atomic E-state index is 0.00170. The third kappa shape index (κ3) is 4.50. The van der Waals surface area contributed by atoms with Gasteiger partial charge >= 0.3 is 5.97 Å². The third-order valence-corrected chi connectivity index (χ3v) is 5.74. The molecule has 7 heteroatoms. The zero-order valence-corrected chi connectivity index (χ0v) is 17.9. The van der Waals surface area contributed by atoms with Crippen molar-refractivity contribution in [2.45, 2.75) is 18.9 Å². The van der Waals surface area contributed by atoms with E-state index in [-0.39, 0.29) is 30.8 Å². The lowest BCUT2D eigenvalue weighted by Crippen LogP contribution is -2.32. The van der Waals surface area contributed by atoms with Gasteiger partial charge in [-0.05, 0) is 42.0 Å². The second-order valence-electron chi connectivity index (χ2n) is 7.60. The van der Waals surface area contributed by atoms with Crippen molar-refractivity contribution in [2.24, 2.45) is 0 Å². The van der Waals surface area contributed by atoms with Crippen molar-refractivity contribution in [2.75, 3.05) is 6.54 Å². The van der Waals surface area contributed by atoms with Crippen molar-refractivity contribution in [3.63, 3.8) is 0 Å². The van der Waals surface area contributed by atoms with E-state index in [2.05, 4.69) is 5.32 Å². The number of rotatable bonds is 7. The van der Waals surface area contributed by atoms with E-state index >= 15 is 0 Å². The summed E-state index contributed by atoms with van der Waals surface area (Å²) >= 11 is 5.94. The maximum absolute atomic E-state index is 12.9. The molecule has 0 aliphatic carbocycles. The van der Waals surface area contributed by atoms with Gasteiger partial charge in [0.15, 0.2) is 5.43 Å². The first-order valence-corrected chi connectivity index (χ1v) is 10.6. The van der Waals surface area contributed by atoms with Gasteiger partial charge in [0.25, 0.3) is 0 Å². The molecule has 0 aliphatic heterocycles. The Morgan fingerprint density at radius 1 is 0.906 bits per heavy atom. The van der Waals surface area contributed by atoms with Crippen molar-refractivity contribution in [3.8, 4) is 0 Å². The van der Waals surface area contributed by atoms with Crippen molar-refractivity contribution in [1.82, 2.24) is 9.88 Å². The lowest BCUT2D eigenvalue weighted by Gasteiger charge is -2.18. The summed E-state index contributed by atoms with van der Waals surface area (Å²) < 4.78 is 1.82. The fourth-order valence-corrected chi connectivity index (χ4v) is 4.06. The summed E-state index contributed by atoms with van der Waals surface area (Å²) in [5, 5.41) is 13.8. The second kappa shape index (κ2) is 9.24. The Labute approximate surface area is 189 Å². The summed E-state index contributed by atoms with van der Waals surface area (Å²) in [6, 6.07) is 21.3. The minimum atomic E-state index is -0.948. The van der Waals surface area contributed by atoms with Crippen molar-refractivity contribution >= 4 is 45.3 Å². The molecule has 0 bridgehead atoms. The largest absolute Gasteiger partial charge is 0.481 e. The van der Waals surface area contributed by atoms with E-state index in [0.29, 0.717) is 26.8 Å². The van der Waals surface area contributed by atoms with E-state index in [1.54, 1.807) is 48.5 Å². The Balaban J connectivity index is 1.61. The first-order chi connectivity index (χ1) is 15.4. The molecule has 0 unspecified atom stereocenters. The molecule has 162 valence electrons. The number of aliphatic carboxylic acids is 1. The fraction of sp³-hybridized carbons (Fsp3) is 0.160. The first-order valence-electron chi connectivity index (χ1n) is 10.2. The molecule has 2 N–H and O–H groups in total. The molecular formula is C25H21ClN2O4. The highest BCUT2D eigenvalue weighted by molar-refractivity contribution is 6.30. The van der Waals surface area contributed by atoms with Crippen LogP contribution in [0.15, 0.2) is 77.6 Å². The number of carboxylic acids is 1. The molecule has 3 aromatic carbocycles. The number of benzene rings is 3. The van der Waals surface area contributed by atoms with Crippen LogP contribution < -0.4 is 10.7 Å². The van der Waals surface area contributed by atoms with Gasteiger partial charge in [-0.2, -0.15) is 0 Å². The molecule has 0 saturated carbocycles. The normalized spacial score (nSPS) is 12.0. The number of amides is 1. The first kappa shape index (κ1) is 21.6. The van der Waals surface area contributed by atoms with Crippen molar-refractivity contribution in [1.29, 1.82) is 0 Å². The molecule has 6 nitrogen and oxygen atoms in total. The number of carboxylic acid groups (broad SMARTS) is 1. The maximum atomic E-state index is 12.9. The number of carbonyl (C=O) groups is 2. The van der Waals surface area contributed by atoms with Gasteiger partial charge in [-0.1, -0.05) is 48.0 Å². The van der Waals surface area contributed by atoms with Crippen LogP contribution in [0, 0.1) is 0 Å². The monoisotopic (exact) mass is 448 g/mol. The molecule has 0 spiro atoms. The number of nitrogens with one attached hydrogen (secondary N) is 1. The summed E-state index contributed by atoms with van der Waals surface area (Å²) in [6.45, 7) is 0.171. The predicted molar refractivity (Wildman–Crippen MR) is 125 cm³/mol. The number of hydrogen-bond acceptors (Lipinski definition) is 3. The van der Waals surface area contributed by atoms with Crippen LogP contribution in [0.5, 0.6) is 0 Å². The highest BCUT2D eigenvalue weighted by Crippen LogP contribution is 2.22. The second-order valence-corrected chi connectivity index (χ2v) is 8.04. The quantitative estimate of drug-likeness (QED) is 0.415. The van der Waals surface area contributed by atoms with Gasteiger partial charge < -0.3 is 15.0 Å². The molecule has 1 atom stereocenters. The van der Waals surface area contributed by atoms with Crippen LogP contribution in [-0.4, -0.2) is 28.1 Å². The zero-order valence-electron chi connectivity index (χ0n) is 17.1. The highest BCUT2D eigenvalue weighted by Gasteiger charge is 2.18. The number of fused-ring (bicyclic) bond motifs is 2. The molecule has 0 radical (unpaired) electrons. The number of pyridine rings is 1. The molecule has 32 heavy (non-hydrogen) atoms. The minimum Gasteiger partial charge on any atom is -0.481 e. The summed E-state index contributed by atoms with van der Waals surface area (Å²) in [4.78, 5) is 37.1. The molecular weight excluding hydrogens is 428 g/mol. The number of nitrogens with zero attached hydrogens (tertiary/aromatic N) is 1. The van der Waals surface area contributed by atoms with Crippen LogP contribution in [0.3, 0.4) is 0 Å². The molecule has 0 fully saturated rings. The standard InChI is InChI=1S/C25H21ClN2O4/c26-18-11-9-16(10-12-18)17(13-24(30)31)14-27-23(29)15-28-21-7-3-1-5-19(21)25(32)20-6-2-4-8-22(20)28/h1-12,17H,13-15H2,(H,27,29)(H,30,31)/t17-/m0/s1. The SMILES string of the molecule is O=C(O)C[C@@H](CNC(=O)Cn1c2ccccc2c(=O)c2ccccc21)c1ccc(Cl)cc1. The van der Waals surface area contributed by atoms with Crippen molar-refractivity contribution < 1.29 is 14.7 Å². The number of carbonyl (C=O) groups excluding carboxylic acids is 1. The van der Waals surface area contributed by atoms with Gasteiger partial charge in [-0.15, -0.1) is 0 Å². The van der Waals surface area contributed by atoms with Crippen LogP contribution in [-0.2, 0) is 16.1 Å². The van der Waals surface area contributed by atoms with E-state index in [0.717, 1.165) is 5.56 Å². The molecule has 0 aliphatic rings. The molecule has 4 rings (SSSR count). The Hall–Kier alpha value is -3.64. The Morgan fingerprint density at radius 2 is 1.47 bits per heavy atom. The van der Waals surface area contributed by atoms with E-state index in [1.165, 1.54) is 0 Å². The Kier molecular flexibility index (Phi) is 6.23. The number of hydrogen-bond donors (Lipinski definition) is 2. The van der Waals surface area contributed by atoms with E-state index < -0.39 is 11.9 Å². The summed E-state index contributed by atoms with van der Waals surface area (Å²) in [7, 11) is 0. The van der Waals surface area contributed by atoms with Gasteiger partial charge in [0.05, 0.1) is 17.5 Å². The summed E-state index contributed by atoms with van der Waals surface area (Å²) in [5.41, 5.74) is 2.06. The van der Waals surface area contributed by atoms with Gasteiger partial charge in [-0.25, -0.2) is 0 Å². The summed E-state index contributed by atoms with van der Waals surface area (Å²) in [6.07, 6.45) is -0.119. The average Bonchev–Trinajstić information content (AvgIpc) is 2.80. The topological polar surface area (TPSA) is 88.4 Å². The van der Waals surface area contributed by atoms with Crippen LogP contribution in [0.1, 0.15) is 17.9 Å². The van der Waals surface area contributed by atoms with Gasteiger partial charge in [-0.3, -0.25) is 14.4 Å². The number of aromatic nitrogens is 1. The van der Waals surface area contributed by atoms with Gasteiger partial charge in [0, 0.05) is 28.3 Å². The molecule has 1 aromatic heterocycles. The average molecular weight is 449 g/mol. The lowest BCUT2D eigenvalue weighted by molar-refractivity contribution is -0.137. The highest BCUT2D eigenvalue weighted by atomic mass is 35.5. The number of para-hydroxylation sites is 2. The van der Waals surface area contributed by atoms with E-state index in [9.17, 15) is 19.5 Å². The van der Waals surface area contributed by atoms with Crippen LogP contribution >= 0.6 is 11.6 Å². The predicted octanol–water partition coefficient (Wildman–Crippen LogP) is 4.18. The van der Waals surface area contributed by atoms with E-state index in [1.807, 2.05) is 28.8 Å². The number of halogens is 1. The Morgan fingerprint density at radius 3 is 2.03 bits per heavy atom. The van der Waals surface area contributed by atoms with Crippen LogP contribution in [0.2, 0.25) is 5.02 Å². The van der Waals surface area contributed by atoms with Crippen LogP contribution in [0.4, 0.5) is 0 Å². The lowest BCUT2D eigenvalue weighted by atomic mass is 9.95. The molecule has 0 saturated heterocycles. The van der Waals surface area contributed by atoms with Crippen LogP contribution in [0.25, 0.3) is 21.8 Å². The molecule has 1 heterocycles. The molecule has 1 amide bonds. The summed E-state index contributed by atoms with van der Waals surface area (Å²) in [5.74, 6) is -1.61. The van der Waals surface area contributed by atoms with Crippen molar-refractivity contribution in [3.05, 3.63) is 93.6 Å². The molecule has 4 aromatic rings. The third-order valence-electron chi connectivity index (χ3n) is 5.49. The van der Waals surface area contributed by atoms with Gasteiger partial charge in [0.2, 0.25) is 5.91 Å². The van der Waals surface area contributed by atoms with E-state index in [4.69, 9.17) is 11.6 Å². The maximum Gasteiger partial charge on any atom is 0.304 e. The van der Waals surface area contributed by atoms with Gasteiger partial charge in [0.1, 0.15) is 6.54 Å². The smallest absolute Gasteiger partial charge is 0.304 e. The Bertz CT molecular complexity index is 1300.